The van der Waals surface area contributed by atoms with Gasteiger partial charge in [0.05, 0.1) is 11.0 Å². The fourth-order valence-corrected chi connectivity index (χ4v) is 2.53. The molecule has 1 saturated carbocycles. The van der Waals surface area contributed by atoms with Crippen LogP contribution in [0.15, 0.2) is 36.4 Å². The van der Waals surface area contributed by atoms with Crippen LogP contribution in [-0.4, -0.2) is 14.5 Å². The Morgan fingerprint density at radius 2 is 2.00 bits per heavy atom. The zero-order chi connectivity index (χ0) is 13.7. The van der Waals surface area contributed by atoms with Crippen LogP contribution in [0.5, 0.6) is 0 Å². The van der Waals surface area contributed by atoms with Gasteiger partial charge in [0.2, 0.25) is 0 Å². The van der Waals surface area contributed by atoms with Crippen LogP contribution in [0.25, 0.3) is 22.6 Å². The van der Waals surface area contributed by atoms with E-state index in [1.807, 2.05) is 12.1 Å². The fraction of sp³-hybridized carbons (Fsp3) is 0.200. The molecule has 3 aromatic rings. The Morgan fingerprint density at radius 3 is 2.75 bits per heavy atom. The zero-order valence-corrected chi connectivity index (χ0v) is 10.8. The highest BCUT2D eigenvalue weighted by molar-refractivity contribution is 5.80. The van der Waals surface area contributed by atoms with E-state index in [0.717, 1.165) is 29.9 Å². The first-order valence-electron chi connectivity index (χ1n) is 6.63. The Labute approximate surface area is 115 Å². The summed E-state index contributed by atoms with van der Waals surface area (Å²) < 4.78 is 15.5. The van der Waals surface area contributed by atoms with Crippen molar-refractivity contribution in [1.29, 1.82) is 0 Å². The van der Waals surface area contributed by atoms with Crippen LogP contribution in [0.2, 0.25) is 0 Å². The molecule has 100 valence electrons. The fourth-order valence-electron chi connectivity index (χ4n) is 2.53. The Bertz CT molecular complexity index is 805. The maximum absolute atomic E-state index is 13.4. The summed E-state index contributed by atoms with van der Waals surface area (Å²) in [6.45, 7) is 0. The first-order valence-corrected chi connectivity index (χ1v) is 6.63. The summed E-state index contributed by atoms with van der Waals surface area (Å²) >= 11 is 0. The highest BCUT2D eigenvalue weighted by atomic mass is 19.1. The highest BCUT2D eigenvalue weighted by Gasteiger charge is 2.29. The van der Waals surface area contributed by atoms with Crippen molar-refractivity contribution in [2.45, 2.75) is 18.9 Å². The first-order chi connectivity index (χ1) is 9.72. The Hall–Kier alpha value is -2.43. The van der Waals surface area contributed by atoms with Crippen molar-refractivity contribution in [3.8, 4) is 11.5 Å². The second kappa shape index (κ2) is 4.03. The lowest BCUT2D eigenvalue weighted by Crippen LogP contribution is -2.00. The number of fused-ring (bicyclic) bond motifs is 1. The molecular weight excluding hydrogens is 255 g/mol. The normalized spacial score (nSPS) is 14.8. The van der Waals surface area contributed by atoms with E-state index < -0.39 is 0 Å². The molecule has 20 heavy (non-hydrogen) atoms. The van der Waals surface area contributed by atoms with E-state index in [4.69, 9.17) is 5.73 Å². The summed E-state index contributed by atoms with van der Waals surface area (Å²) in [6.07, 6.45) is 2.25. The predicted octanol–water partition coefficient (Wildman–Crippen LogP) is 3.15. The topological polar surface area (TPSA) is 56.7 Å². The molecule has 2 aromatic heterocycles. The third-order valence-electron chi connectivity index (χ3n) is 3.56. The van der Waals surface area contributed by atoms with Crippen LogP contribution in [0.4, 0.5) is 10.2 Å². The van der Waals surface area contributed by atoms with Gasteiger partial charge in [0.25, 0.3) is 0 Å². The van der Waals surface area contributed by atoms with Gasteiger partial charge in [-0.2, -0.15) is 0 Å². The molecule has 0 unspecified atom stereocenters. The van der Waals surface area contributed by atoms with Crippen molar-refractivity contribution < 1.29 is 4.39 Å². The number of hydrogen-bond donors (Lipinski definition) is 1. The number of aromatic nitrogens is 3. The minimum absolute atomic E-state index is 0.273. The molecule has 2 heterocycles. The largest absolute Gasteiger partial charge is 0.384 e. The number of hydrogen-bond acceptors (Lipinski definition) is 3. The summed E-state index contributed by atoms with van der Waals surface area (Å²) in [7, 11) is 0. The van der Waals surface area contributed by atoms with Crippen molar-refractivity contribution >= 4 is 16.9 Å². The van der Waals surface area contributed by atoms with Gasteiger partial charge in [0, 0.05) is 12.1 Å². The molecule has 0 saturated heterocycles. The van der Waals surface area contributed by atoms with Gasteiger partial charge in [0.1, 0.15) is 17.3 Å². The lowest BCUT2D eigenvalue weighted by Gasteiger charge is -2.07. The highest BCUT2D eigenvalue weighted by Crippen LogP contribution is 2.41. The molecule has 1 aromatic carbocycles. The van der Waals surface area contributed by atoms with Crippen molar-refractivity contribution in [1.82, 2.24) is 14.5 Å². The smallest absolute Gasteiger partial charge is 0.160 e. The summed E-state index contributed by atoms with van der Waals surface area (Å²) in [4.78, 5) is 8.88. The molecular formula is C15H13FN4. The number of nitrogens with zero attached hydrogens (tertiary/aromatic N) is 3. The van der Waals surface area contributed by atoms with E-state index in [1.54, 1.807) is 12.1 Å². The number of anilines is 1. The number of benzene rings is 1. The van der Waals surface area contributed by atoms with Gasteiger partial charge < -0.3 is 10.3 Å². The third kappa shape index (κ3) is 1.74. The van der Waals surface area contributed by atoms with Crippen LogP contribution < -0.4 is 5.73 Å². The van der Waals surface area contributed by atoms with E-state index in [-0.39, 0.29) is 5.82 Å². The second-order valence-electron chi connectivity index (χ2n) is 5.12. The molecule has 0 spiro atoms. The predicted molar refractivity (Wildman–Crippen MR) is 75.6 cm³/mol. The van der Waals surface area contributed by atoms with Crippen LogP contribution in [-0.2, 0) is 0 Å². The summed E-state index contributed by atoms with van der Waals surface area (Å²) in [6, 6.07) is 10.6. The molecule has 4 rings (SSSR count). The zero-order valence-electron chi connectivity index (χ0n) is 10.8. The van der Waals surface area contributed by atoms with E-state index in [9.17, 15) is 4.39 Å². The molecule has 1 aliphatic carbocycles. The summed E-state index contributed by atoms with van der Waals surface area (Å²) in [5.74, 6) is 0.952. The van der Waals surface area contributed by atoms with Crippen LogP contribution in [0, 0.1) is 5.82 Å². The van der Waals surface area contributed by atoms with Crippen molar-refractivity contribution in [3.05, 3.63) is 42.2 Å². The molecule has 4 nitrogen and oxygen atoms in total. The van der Waals surface area contributed by atoms with Crippen molar-refractivity contribution in [2.24, 2.45) is 0 Å². The number of imidazole rings is 1. The Kier molecular flexibility index (Phi) is 2.30. The summed E-state index contributed by atoms with van der Waals surface area (Å²) in [5, 5.41) is 0. The monoisotopic (exact) mass is 268 g/mol. The maximum Gasteiger partial charge on any atom is 0.160 e. The molecule has 0 atom stereocenters. The number of rotatable bonds is 2. The van der Waals surface area contributed by atoms with Crippen molar-refractivity contribution in [3.63, 3.8) is 0 Å². The van der Waals surface area contributed by atoms with Gasteiger partial charge in [-0.05, 0) is 37.1 Å². The summed E-state index contributed by atoms with van der Waals surface area (Å²) in [5.41, 5.74) is 8.09. The lowest BCUT2D eigenvalue weighted by molar-refractivity contribution is 0.629. The second-order valence-corrected chi connectivity index (χ2v) is 5.12. The SMILES string of the molecule is Nc1cccc(-c2nc3cc(F)ccc3n2C2CC2)n1. The van der Waals surface area contributed by atoms with Gasteiger partial charge in [-0.25, -0.2) is 14.4 Å². The molecule has 1 fully saturated rings. The molecule has 0 aliphatic heterocycles. The van der Waals surface area contributed by atoms with Crippen LogP contribution in [0.1, 0.15) is 18.9 Å². The minimum Gasteiger partial charge on any atom is -0.384 e. The standard InChI is InChI=1S/C15H13FN4/c16-9-4-7-13-12(8-9)19-15(20(13)10-5-6-10)11-2-1-3-14(17)18-11/h1-4,7-8,10H,5-6H2,(H2,17,18). The van der Waals surface area contributed by atoms with Crippen LogP contribution >= 0.6 is 0 Å². The van der Waals surface area contributed by atoms with Gasteiger partial charge >= 0.3 is 0 Å². The van der Waals surface area contributed by atoms with Gasteiger partial charge in [-0.3, -0.25) is 0 Å². The third-order valence-corrected chi connectivity index (χ3v) is 3.56. The van der Waals surface area contributed by atoms with Crippen molar-refractivity contribution in [2.75, 3.05) is 5.73 Å². The van der Waals surface area contributed by atoms with E-state index in [1.165, 1.54) is 12.1 Å². The Balaban J connectivity index is 2.00. The van der Waals surface area contributed by atoms with Gasteiger partial charge in [-0.1, -0.05) is 6.07 Å². The van der Waals surface area contributed by atoms with E-state index >= 15 is 0 Å². The van der Waals surface area contributed by atoms with Crippen LogP contribution in [0.3, 0.4) is 0 Å². The number of nitrogens with two attached hydrogens (primary N) is 1. The average molecular weight is 268 g/mol. The molecule has 0 bridgehead atoms. The minimum atomic E-state index is -0.273. The number of pyridine rings is 1. The van der Waals surface area contributed by atoms with E-state index in [2.05, 4.69) is 14.5 Å². The quantitative estimate of drug-likeness (QED) is 0.776. The average Bonchev–Trinajstić information content (AvgIpc) is 3.19. The first kappa shape index (κ1) is 11.4. The number of halogens is 1. The molecule has 5 heteroatoms. The van der Waals surface area contributed by atoms with Gasteiger partial charge in [-0.15, -0.1) is 0 Å². The molecule has 0 radical (unpaired) electrons. The molecule has 1 aliphatic rings. The maximum atomic E-state index is 13.4. The number of nitrogen functional groups attached to an aromatic ring is 1. The van der Waals surface area contributed by atoms with Gasteiger partial charge in [0.15, 0.2) is 5.82 Å². The lowest BCUT2D eigenvalue weighted by atomic mass is 10.3. The molecule has 0 amide bonds. The van der Waals surface area contributed by atoms with E-state index in [0.29, 0.717) is 17.4 Å². The Morgan fingerprint density at radius 1 is 1.15 bits per heavy atom. The molecule has 2 N–H and O–H groups in total.